The number of aromatic nitrogens is 1. The van der Waals surface area contributed by atoms with Crippen LogP contribution in [-0.2, 0) is 0 Å². The van der Waals surface area contributed by atoms with E-state index in [4.69, 9.17) is 4.74 Å². The second-order valence-electron chi connectivity index (χ2n) is 7.38. The molecule has 160 valence electrons. The number of benzene rings is 2. The van der Waals surface area contributed by atoms with E-state index >= 15 is 0 Å². The molecular weight excluding hydrogens is 400 g/mol. The maximum absolute atomic E-state index is 11.3. The van der Waals surface area contributed by atoms with Crippen LogP contribution in [0.5, 0.6) is 5.75 Å². The van der Waals surface area contributed by atoms with Gasteiger partial charge in [-0.05, 0) is 41.8 Å². The van der Waals surface area contributed by atoms with Crippen molar-refractivity contribution in [2.75, 3.05) is 0 Å². The van der Waals surface area contributed by atoms with Crippen LogP contribution in [0.15, 0.2) is 95.8 Å². The molecule has 4 rings (SSSR count). The third-order valence-corrected chi connectivity index (χ3v) is 5.25. The molecule has 0 bridgehead atoms. The van der Waals surface area contributed by atoms with Crippen molar-refractivity contribution in [2.45, 2.75) is 19.3 Å². The van der Waals surface area contributed by atoms with Crippen molar-refractivity contribution < 1.29 is 14.6 Å². The number of carboxylic acid groups (broad SMARTS) is 1. The molecule has 0 fully saturated rings. The van der Waals surface area contributed by atoms with E-state index in [1.807, 2.05) is 48.8 Å². The Kier molecular flexibility index (Phi) is 6.46. The second-order valence-corrected chi connectivity index (χ2v) is 7.38. The molecular formula is C27H24N2O3. The van der Waals surface area contributed by atoms with Crippen LogP contribution in [0.25, 0.3) is 17.2 Å². The Bertz CT molecular complexity index is 1220. The standard InChI is InChI=1S/C27H24N2O3/c1-2-23-24(20-10-8-11-21(17-20)27(30)31)18-29-26(23)28-16-15-19-9-6-7-14-25(19)32-22-12-4-3-5-13-22/h2-6,8-13,16-18,29H,1,7,14-15H2,(H,30,31)/b28-16-. The average Bonchev–Trinajstić information content (AvgIpc) is 3.24. The number of aromatic amines is 1. The molecule has 32 heavy (non-hydrogen) atoms. The smallest absolute Gasteiger partial charge is 0.335 e. The van der Waals surface area contributed by atoms with E-state index in [0.717, 1.165) is 46.6 Å². The Balaban J connectivity index is 1.55. The van der Waals surface area contributed by atoms with Crippen LogP contribution in [0.2, 0.25) is 0 Å². The summed E-state index contributed by atoms with van der Waals surface area (Å²) >= 11 is 0. The molecule has 0 saturated heterocycles. The summed E-state index contributed by atoms with van der Waals surface area (Å²) in [6.45, 7) is 3.91. The van der Waals surface area contributed by atoms with E-state index < -0.39 is 5.97 Å². The third kappa shape index (κ3) is 4.78. The van der Waals surface area contributed by atoms with Crippen LogP contribution in [-0.4, -0.2) is 22.3 Å². The molecule has 0 unspecified atom stereocenters. The highest BCUT2D eigenvalue weighted by Gasteiger charge is 2.13. The molecule has 0 spiro atoms. The topological polar surface area (TPSA) is 74.7 Å². The van der Waals surface area contributed by atoms with Gasteiger partial charge in [0.2, 0.25) is 0 Å². The molecule has 0 radical (unpaired) electrons. The van der Waals surface area contributed by atoms with E-state index in [1.54, 1.807) is 24.3 Å². The van der Waals surface area contributed by atoms with Crippen LogP contribution in [0.3, 0.4) is 0 Å². The fourth-order valence-electron chi connectivity index (χ4n) is 3.65. The van der Waals surface area contributed by atoms with E-state index in [2.05, 4.69) is 28.7 Å². The number of nitrogens with one attached hydrogen (secondary N) is 1. The number of aromatic carboxylic acids is 1. The zero-order valence-corrected chi connectivity index (χ0v) is 17.6. The summed E-state index contributed by atoms with van der Waals surface area (Å²) in [5.41, 5.74) is 3.84. The lowest BCUT2D eigenvalue weighted by molar-refractivity contribution is 0.0697. The van der Waals surface area contributed by atoms with Gasteiger partial charge in [-0.25, -0.2) is 9.79 Å². The van der Waals surface area contributed by atoms with Gasteiger partial charge in [-0.1, -0.05) is 55.1 Å². The van der Waals surface area contributed by atoms with Gasteiger partial charge in [0.25, 0.3) is 0 Å². The molecule has 3 aromatic rings. The normalized spacial score (nSPS) is 13.5. The molecule has 0 saturated carbocycles. The van der Waals surface area contributed by atoms with Gasteiger partial charge in [0.15, 0.2) is 0 Å². The van der Waals surface area contributed by atoms with Gasteiger partial charge in [0.1, 0.15) is 17.3 Å². The number of carboxylic acids is 1. The number of aliphatic imine (C=N–C) groups is 1. The van der Waals surface area contributed by atoms with Crippen molar-refractivity contribution in [3.63, 3.8) is 0 Å². The average molecular weight is 425 g/mol. The Morgan fingerprint density at radius 2 is 2.03 bits per heavy atom. The molecule has 5 heteroatoms. The number of allylic oxidation sites excluding steroid dienone is 4. The first-order chi connectivity index (χ1) is 15.7. The Morgan fingerprint density at radius 1 is 1.19 bits per heavy atom. The van der Waals surface area contributed by atoms with Crippen molar-refractivity contribution in [3.05, 3.63) is 102 Å². The van der Waals surface area contributed by atoms with Gasteiger partial charge < -0.3 is 14.8 Å². The van der Waals surface area contributed by atoms with Gasteiger partial charge >= 0.3 is 5.97 Å². The van der Waals surface area contributed by atoms with Crippen molar-refractivity contribution in [3.8, 4) is 16.9 Å². The highest BCUT2D eigenvalue weighted by Crippen LogP contribution is 2.32. The second kappa shape index (κ2) is 9.79. The lowest BCUT2D eigenvalue weighted by Crippen LogP contribution is -2.03. The van der Waals surface area contributed by atoms with E-state index in [0.29, 0.717) is 12.2 Å². The lowest BCUT2D eigenvalue weighted by atomic mass is 10.0. The first kappa shape index (κ1) is 21.1. The molecule has 0 amide bonds. The predicted molar refractivity (Wildman–Crippen MR) is 129 cm³/mol. The van der Waals surface area contributed by atoms with Gasteiger partial charge in [-0.3, -0.25) is 0 Å². The number of H-pyrrole nitrogens is 1. The van der Waals surface area contributed by atoms with Crippen molar-refractivity contribution in [1.29, 1.82) is 0 Å². The van der Waals surface area contributed by atoms with Crippen molar-refractivity contribution in [2.24, 2.45) is 4.99 Å². The minimum atomic E-state index is -0.955. The molecule has 2 N–H and O–H groups in total. The van der Waals surface area contributed by atoms with Gasteiger partial charge in [0.05, 0.1) is 5.56 Å². The van der Waals surface area contributed by atoms with Gasteiger partial charge in [0, 0.05) is 36.4 Å². The molecule has 0 atom stereocenters. The number of hydrogen-bond acceptors (Lipinski definition) is 3. The number of carbonyl (C=O) groups is 1. The minimum absolute atomic E-state index is 0.241. The van der Waals surface area contributed by atoms with Crippen LogP contribution >= 0.6 is 0 Å². The monoisotopic (exact) mass is 424 g/mol. The Morgan fingerprint density at radius 3 is 2.81 bits per heavy atom. The number of ether oxygens (including phenoxy) is 1. The quantitative estimate of drug-likeness (QED) is 0.391. The SMILES string of the molecule is C=Cc1c(-c2cccc(C(=O)O)c2)c[nH]c1/N=C\CC1=C(Oc2ccccc2)CCC=C1. The maximum Gasteiger partial charge on any atom is 0.335 e. The number of para-hydroxylation sites is 1. The summed E-state index contributed by atoms with van der Waals surface area (Å²) in [5.74, 6) is 1.52. The van der Waals surface area contributed by atoms with Crippen molar-refractivity contribution in [1.82, 2.24) is 4.98 Å². The Labute approximate surface area is 187 Å². The number of hydrogen-bond donors (Lipinski definition) is 2. The molecule has 2 aromatic carbocycles. The van der Waals surface area contributed by atoms with E-state index in [9.17, 15) is 9.90 Å². The van der Waals surface area contributed by atoms with Crippen LogP contribution in [0, 0.1) is 0 Å². The summed E-state index contributed by atoms with van der Waals surface area (Å²) in [5, 5.41) is 9.27. The van der Waals surface area contributed by atoms with Crippen LogP contribution < -0.4 is 4.74 Å². The summed E-state index contributed by atoms with van der Waals surface area (Å²) in [4.78, 5) is 19.1. The molecule has 1 aliphatic carbocycles. The molecule has 0 aliphatic heterocycles. The summed E-state index contributed by atoms with van der Waals surface area (Å²) in [6, 6.07) is 16.6. The zero-order chi connectivity index (χ0) is 22.3. The fourth-order valence-corrected chi connectivity index (χ4v) is 3.65. The first-order valence-electron chi connectivity index (χ1n) is 10.5. The number of nitrogens with zero attached hydrogens (tertiary/aromatic N) is 1. The predicted octanol–water partition coefficient (Wildman–Crippen LogP) is 6.80. The summed E-state index contributed by atoms with van der Waals surface area (Å²) in [7, 11) is 0. The highest BCUT2D eigenvalue weighted by molar-refractivity contribution is 5.91. The summed E-state index contributed by atoms with van der Waals surface area (Å²) < 4.78 is 6.10. The van der Waals surface area contributed by atoms with Crippen molar-refractivity contribution >= 4 is 24.1 Å². The minimum Gasteiger partial charge on any atom is -0.478 e. The van der Waals surface area contributed by atoms with Crippen LogP contribution in [0.4, 0.5) is 5.82 Å². The largest absolute Gasteiger partial charge is 0.478 e. The van der Waals surface area contributed by atoms with E-state index in [1.165, 1.54) is 0 Å². The molecule has 5 nitrogen and oxygen atoms in total. The molecule has 1 aromatic heterocycles. The number of rotatable bonds is 8. The van der Waals surface area contributed by atoms with Gasteiger partial charge in [-0.15, -0.1) is 0 Å². The highest BCUT2D eigenvalue weighted by atomic mass is 16.5. The van der Waals surface area contributed by atoms with Crippen LogP contribution in [0.1, 0.15) is 35.2 Å². The third-order valence-electron chi connectivity index (χ3n) is 5.25. The maximum atomic E-state index is 11.3. The zero-order valence-electron chi connectivity index (χ0n) is 17.6. The lowest BCUT2D eigenvalue weighted by Gasteiger charge is -2.16. The summed E-state index contributed by atoms with van der Waals surface area (Å²) in [6.07, 6.45) is 12.1. The van der Waals surface area contributed by atoms with Gasteiger partial charge in [-0.2, -0.15) is 0 Å². The van der Waals surface area contributed by atoms with E-state index in [-0.39, 0.29) is 5.56 Å². The fraction of sp³-hybridized carbons (Fsp3) is 0.111. The Hall–Kier alpha value is -4.12. The first-order valence-corrected chi connectivity index (χ1v) is 10.5. The molecule has 1 heterocycles. The molecule has 1 aliphatic rings.